The number of rotatable bonds is 1. The Morgan fingerprint density at radius 2 is 1.53 bits per heavy atom. The third-order valence-electron chi connectivity index (χ3n) is 3.42. The van der Waals surface area contributed by atoms with E-state index in [1.807, 2.05) is 20.8 Å². The maximum absolute atomic E-state index is 12.5. The first-order valence-electron chi connectivity index (χ1n) is 5.77. The number of hydrogen-bond acceptors (Lipinski definition) is 3. The summed E-state index contributed by atoms with van der Waals surface area (Å²) in [6, 6.07) is 0. The minimum absolute atomic E-state index is 0.294. The molecule has 4 heteroatoms. The maximum atomic E-state index is 12.5. The molecule has 0 amide bonds. The Morgan fingerprint density at radius 1 is 1.12 bits per heavy atom. The average Bonchev–Trinajstić information content (AvgIpc) is 1.95. The molecule has 3 nitrogen and oxygen atoms in total. The van der Waals surface area contributed by atoms with Gasteiger partial charge in [0, 0.05) is 4.91 Å². The van der Waals surface area contributed by atoms with Crippen molar-refractivity contribution >= 4 is 15.6 Å². The van der Waals surface area contributed by atoms with E-state index in [0.29, 0.717) is 4.91 Å². The second-order valence-electron chi connectivity index (χ2n) is 6.80. The van der Waals surface area contributed by atoms with Crippen molar-refractivity contribution in [2.45, 2.75) is 53.2 Å². The molecule has 0 saturated carbocycles. The Bertz CT molecular complexity index is 484. The van der Waals surface area contributed by atoms with Crippen LogP contribution in [0, 0.1) is 10.8 Å². The molecule has 0 aromatic heterocycles. The lowest BCUT2D eigenvalue weighted by atomic mass is 9.75. The Hall–Kier alpha value is -0.640. The van der Waals surface area contributed by atoms with Gasteiger partial charge in [-0.15, -0.1) is 0 Å². The molecule has 1 unspecified atom stereocenters. The number of sulfone groups is 1. The van der Waals surface area contributed by atoms with Gasteiger partial charge >= 0.3 is 0 Å². The monoisotopic (exact) mass is 258 g/mol. The Kier molecular flexibility index (Phi) is 2.92. The summed E-state index contributed by atoms with van der Waals surface area (Å²) in [6.07, 6.45) is 1.66. The van der Waals surface area contributed by atoms with E-state index in [2.05, 4.69) is 0 Å². The summed E-state index contributed by atoms with van der Waals surface area (Å²) in [5.41, 5.74) is -1.06. The van der Waals surface area contributed by atoms with Crippen LogP contribution in [0.4, 0.5) is 0 Å². The van der Waals surface area contributed by atoms with Gasteiger partial charge < -0.3 is 0 Å². The number of carbonyl (C=O) groups excluding carboxylic acids is 1. The Morgan fingerprint density at radius 3 is 1.71 bits per heavy atom. The fourth-order valence-corrected chi connectivity index (χ4v) is 5.27. The molecule has 0 radical (unpaired) electrons. The van der Waals surface area contributed by atoms with E-state index in [0.717, 1.165) is 0 Å². The molecular formula is C13H22O3S. The van der Waals surface area contributed by atoms with Crippen LogP contribution in [0.5, 0.6) is 0 Å². The molecule has 1 rings (SSSR count). The second kappa shape index (κ2) is 3.44. The molecule has 1 atom stereocenters. The van der Waals surface area contributed by atoms with E-state index in [4.69, 9.17) is 0 Å². The number of hydrogen-bond donors (Lipinski definition) is 0. The molecule has 0 N–H and O–H groups in total. The van der Waals surface area contributed by atoms with Gasteiger partial charge in [0.15, 0.2) is 20.4 Å². The van der Waals surface area contributed by atoms with Crippen molar-refractivity contribution in [3.8, 4) is 0 Å². The van der Waals surface area contributed by atoms with Gasteiger partial charge in [0.25, 0.3) is 0 Å². The van der Waals surface area contributed by atoms with E-state index in [1.165, 1.54) is 6.92 Å². The molecule has 0 aromatic carbocycles. The summed E-state index contributed by atoms with van der Waals surface area (Å²) in [5, 5.41) is 0. The highest BCUT2D eigenvalue weighted by Gasteiger charge is 2.64. The largest absolute Gasteiger partial charge is 0.298 e. The summed E-state index contributed by atoms with van der Waals surface area (Å²) in [4.78, 5) is 12.2. The van der Waals surface area contributed by atoms with Crippen LogP contribution in [0.3, 0.4) is 0 Å². The number of carbonyl (C=O) groups is 1. The molecule has 1 aliphatic rings. The third-order valence-corrected chi connectivity index (χ3v) is 6.60. The van der Waals surface area contributed by atoms with Gasteiger partial charge in [-0.3, -0.25) is 4.79 Å². The Labute approximate surface area is 104 Å². The topological polar surface area (TPSA) is 51.2 Å². The van der Waals surface area contributed by atoms with Crippen LogP contribution in [-0.4, -0.2) is 18.9 Å². The molecule has 0 bridgehead atoms. The standard InChI is InChI=1S/C13H22O3S/c1-9(14)13(12(5,6)7)8-10(11(2,3)4)17(13,15)16/h8H,1-7H3. The third kappa shape index (κ3) is 1.68. The van der Waals surface area contributed by atoms with E-state index in [9.17, 15) is 13.2 Å². The van der Waals surface area contributed by atoms with E-state index in [1.54, 1.807) is 26.8 Å². The average molecular weight is 258 g/mol. The number of Topliss-reactive ketones (excluding diaryl/α,β-unsaturated/α-hetero) is 1. The molecule has 0 saturated heterocycles. The van der Waals surface area contributed by atoms with Crippen LogP contribution >= 0.6 is 0 Å². The zero-order valence-electron chi connectivity index (χ0n) is 11.7. The zero-order chi connectivity index (χ0) is 13.9. The predicted octanol–water partition coefficient (Wildman–Crippen LogP) is 2.72. The number of ketones is 1. The summed E-state index contributed by atoms with van der Waals surface area (Å²) >= 11 is 0. The lowest BCUT2D eigenvalue weighted by Crippen LogP contribution is -2.61. The molecule has 0 aliphatic carbocycles. The highest BCUT2D eigenvalue weighted by atomic mass is 32.2. The van der Waals surface area contributed by atoms with Gasteiger partial charge in [0.2, 0.25) is 0 Å². The first-order chi connectivity index (χ1) is 7.28. The smallest absolute Gasteiger partial charge is 0.191 e. The molecule has 0 fully saturated rings. The van der Waals surface area contributed by atoms with Gasteiger partial charge in [0.1, 0.15) is 0 Å². The summed E-state index contributed by atoms with van der Waals surface area (Å²) < 4.78 is 23.7. The van der Waals surface area contributed by atoms with Gasteiger partial charge in [-0.1, -0.05) is 41.5 Å². The van der Waals surface area contributed by atoms with Crippen LogP contribution < -0.4 is 0 Å². The second-order valence-corrected chi connectivity index (χ2v) is 8.89. The van der Waals surface area contributed by atoms with Gasteiger partial charge in [0.05, 0.1) is 0 Å². The summed E-state index contributed by atoms with van der Waals surface area (Å²) in [5.74, 6) is -0.294. The van der Waals surface area contributed by atoms with Crippen LogP contribution in [0.2, 0.25) is 0 Å². The highest BCUT2D eigenvalue weighted by Crippen LogP contribution is 2.54. The molecule has 0 aromatic rings. The predicted molar refractivity (Wildman–Crippen MR) is 69.3 cm³/mol. The normalized spacial score (nSPS) is 28.3. The Balaban J connectivity index is 3.56. The zero-order valence-corrected chi connectivity index (χ0v) is 12.5. The van der Waals surface area contributed by atoms with Crippen LogP contribution in [0.1, 0.15) is 48.5 Å². The first-order valence-corrected chi connectivity index (χ1v) is 7.26. The van der Waals surface area contributed by atoms with Crippen LogP contribution in [0.25, 0.3) is 0 Å². The lowest BCUT2D eigenvalue weighted by molar-refractivity contribution is -0.120. The van der Waals surface area contributed by atoms with Crippen molar-refractivity contribution in [1.82, 2.24) is 0 Å². The molecule has 17 heavy (non-hydrogen) atoms. The first kappa shape index (κ1) is 14.4. The van der Waals surface area contributed by atoms with E-state index < -0.39 is 25.4 Å². The molecule has 1 heterocycles. The summed E-state index contributed by atoms with van der Waals surface area (Å²) in [6.45, 7) is 12.3. The fraction of sp³-hybridized carbons (Fsp3) is 0.769. The van der Waals surface area contributed by atoms with Crippen molar-refractivity contribution in [3.63, 3.8) is 0 Å². The van der Waals surface area contributed by atoms with E-state index >= 15 is 0 Å². The van der Waals surface area contributed by atoms with Gasteiger partial charge in [-0.05, 0) is 23.8 Å². The van der Waals surface area contributed by atoms with Crippen molar-refractivity contribution in [1.29, 1.82) is 0 Å². The van der Waals surface area contributed by atoms with Gasteiger partial charge in [-0.25, -0.2) is 8.42 Å². The van der Waals surface area contributed by atoms with Crippen LogP contribution in [0.15, 0.2) is 11.0 Å². The minimum Gasteiger partial charge on any atom is -0.298 e. The van der Waals surface area contributed by atoms with Crippen LogP contribution in [-0.2, 0) is 14.6 Å². The van der Waals surface area contributed by atoms with Crippen molar-refractivity contribution in [2.75, 3.05) is 0 Å². The van der Waals surface area contributed by atoms with E-state index in [-0.39, 0.29) is 5.78 Å². The van der Waals surface area contributed by atoms with Crippen molar-refractivity contribution < 1.29 is 13.2 Å². The SMILES string of the molecule is CC(=O)C1(C(C)(C)C)C=C(C(C)(C)C)S1(=O)=O. The van der Waals surface area contributed by atoms with Crippen molar-refractivity contribution in [2.24, 2.45) is 10.8 Å². The fourth-order valence-electron chi connectivity index (χ4n) is 2.51. The molecule has 0 spiro atoms. The highest BCUT2D eigenvalue weighted by molar-refractivity contribution is 7.99. The number of allylic oxidation sites excluding steroid dienone is 1. The molecule has 98 valence electrons. The molecular weight excluding hydrogens is 236 g/mol. The van der Waals surface area contributed by atoms with Crippen molar-refractivity contribution in [3.05, 3.63) is 11.0 Å². The quantitative estimate of drug-likeness (QED) is 0.726. The minimum atomic E-state index is -3.53. The molecule has 1 aliphatic heterocycles. The maximum Gasteiger partial charge on any atom is 0.191 e. The summed E-state index contributed by atoms with van der Waals surface area (Å²) in [7, 11) is -3.53. The van der Waals surface area contributed by atoms with Gasteiger partial charge in [-0.2, -0.15) is 0 Å². The lowest BCUT2D eigenvalue weighted by Gasteiger charge is -2.49.